The van der Waals surface area contributed by atoms with Crippen LogP contribution in [0, 0.1) is 0 Å². The summed E-state index contributed by atoms with van der Waals surface area (Å²) < 4.78 is 10.9. The lowest BCUT2D eigenvalue weighted by Crippen LogP contribution is -2.46. The largest absolute Gasteiger partial charge is 0.463 e. The zero-order valence-electron chi connectivity index (χ0n) is 11.5. The van der Waals surface area contributed by atoms with Gasteiger partial charge >= 0.3 is 6.01 Å². The van der Waals surface area contributed by atoms with Crippen LogP contribution in [0.25, 0.3) is 0 Å². The molecule has 0 aromatic carbocycles. The molecule has 1 saturated heterocycles. The third-order valence-electron chi connectivity index (χ3n) is 3.01. The van der Waals surface area contributed by atoms with Gasteiger partial charge in [-0.1, -0.05) is 13.8 Å². The number of hydrogen-bond donors (Lipinski definition) is 1. The molecule has 19 heavy (non-hydrogen) atoms. The monoisotopic (exact) mass is 267 g/mol. The Balaban J connectivity index is 2.19. The molecule has 1 aromatic rings. The molecule has 0 amide bonds. The molecule has 7 nitrogen and oxygen atoms in total. The fourth-order valence-electron chi connectivity index (χ4n) is 2.00. The Hall–Kier alpha value is -1.63. The lowest BCUT2D eigenvalue weighted by atomic mass is 10.2. The second-order valence-corrected chi connectivity index (χ2v) is 4.46. The zero-order valence-corrected chi connectivity index (χ0v) is 11.5. The Kier molecular flexibility index (Phi) is 4.73. The number of ether oxygens (including phenoxy) is 2. The molecule has 106 valence electrons. The van der Waals surface area contributed by atoms with E-state index in [1.165, 1.54) is 0 Å². The van der Waals surface area contributed by atoms with Gasteiger partial charge in [0.1, 0.15) is 0 Å². The van der Waals surface area contributed by atoms with Crippen molar-refractivity contribution < 1.29 is 9.47 Å². The topological polar surface area (TPSA) is 86.4 Å². The van der Waals surface area contributed by atoms with Gasteiger partial charge in [-0.2, -0.15) is 15.0 Å². The molecule has 2 rings (SSSR count). The van der Waals surface area contributed by atoms with Crippen molar-refractivity contribution in [3.05, 3.63) is 0 Å². The first kappa shape index (κ1) is 13.8. The van der Waals surface area contributed by atoms with E-state index in [9.17, 15) is 0 Å². The predicted octanol–water partition coefficient (Wildman–Crippen LogP) is 0.858. The van der Waals surface area contributed by atoms with Gasteiger partial charge in [-0.15, -0.1) is 0 Å². The average molecular weight is 267 g/mol. The summed E-state index contributed by atoms with van der Waals surface area (Å²) in [5.74, 6) is 0.770. The highest BCUT2D eigenvalue weighted by molar-refractivity contribution is 5.37. The molecule has 0 saturated carbocycles. The number of nitrogen functional groups attached to an aromatic ring is 1. The molecule has 0 radical (unpaired) electrons. The normalized spacial score (nSPS) is 19.5. The van der Waals surface area contributed by atoms with Crippen LogP contribution in [0.5, 0.6) is 6.01 Å². The molecule has 1 fully saturated rings. The molecule has 0 spiro atoms. The van der Waals surface area contributed by atoms with Gasteiger partial charge in [0, 0.05) is 6.54 Å². The van der Waals surface area contributed by atoms with E-state index in [0.717, 1.165) is 19.4 Å². The molecular weight excluding hydrogens is 246 g/mol. The minimum Gasteiger partial charge on any atom is -0.463 e. The van der Waals surface area contributed by atoms with Gasteiger partial charge in [0.25, 0.3) is 0 Å². The Morgan fingerprint density at radius 3 is 2.95 bits per heavy atom. The van der Waals surface area contributed by atoms with Crippen molar-refractivity contribution in [1.82, 2.24) is 15.0 Å². The molecule has 0 bridgehead atoms. The first-order valence-corrected chi connectivity index (χ1v) is 6.73. The fourth-order valence-corrected chi connectivity index (χ4v) is 2.00. The number of nitrogens with zero attached hydrogens (tertiary/aromatic N) is 4. The van der Waals surface area contributed by atoms with Crippen molar-refractivity contribution in [3.8, 4) is 6.01 Å². The van der Waals surface area contributed by atoms with Crippen molar-refractivity contribution >= 4 is 11.9 Å². The molecular formula is C12H21N5O2. The Bertz CT molecular complexity index is 415. The van der Waals surface area contributed by atoms with Crippen LogP contribution in [0.1, 0.15) is 26.7 Å². The molecule has 2 heterocycles. The summed E-state index contributed by atoms with van der Waals surface area (Å²) in [5, 5.41) is 0. The third-order valence-corrected chi connectivity index (χ3v) is 3.01. The van der Waals surface area contributed by atoms with E-state index in [-0.39, 0.29) is 12.0 Å². The van der Waals surface area contributed by atoms with Gasteiger partial charge in [-0.25, -0.2) is 0 Å². The average Bonchev–Trinajstić information content (AvgIpc) is 2.44. The SMILES string of the molecule is CCCOc1nc(N)nc(N2CCOCC2CC)n1. The lowest BCUT2D eigenvalue weighted by molar-refractivity contribution is 0.0919. The maximum Gasteiger partial charge on any atom is 0.323 e. The van der Waals surface area contributed by atoms with Crippen molar-refractivity contribution in [3.63, 3.8) is 0 Å². The highest BCUT2D eigenvalue weighted by Crippen LogP contribution is 2.19. The minimum atomic E-state index is 0.192. The first-order chi connectivity index (χ1) is 9.24. The zero-order chi connectivity index (χ0) is 13.7. The van der Waals surface area contributed by atoms with Crippen LogP contribution in [0.2, 0.25) is 0 Å². The molecule has 1 aromatic heterocycles. The number of hydrogen-bond acceptors (Lipinski definition) is 7. The molecule has 1 aliphatic heterocycles. The first-order valence-electron chi connectivity index (χ1n) is 6.73. The molecule has 7 heteroatoms. The quantitative estimate of drug-likeness (QED) is 0.846. The summed E-state index contributed by atoms with van der Waals surface area (Å²) in [7, 11) is 0. The van der Waals surface area contributed by atoms with Gasteiger partial charge in [0.2, 0.25) is 11.9 Å². The summed E-state index contributed by atoms with van der Waals surface area (Å²) >= 11 is 0. The molecule has 2 N–H and O–H groups in total. The van der Waals surface area contributed by atoms with E-state index in [0.29, 0.717) is 31.8 Å². The van der Waals surface area contributed by atoms with E-state index in [1.807, 2.05) is 6.92 Å². The second kappa shape index (κ2) is 6.51. The summed E-state index contributed by atoms with van der Waals surface area (Å²) in [6.45, 7) is 6.84. The predicted molar refractivity (Wildman–Crippen MR) is 72.3 cm³/mol. The van der Waals surface area contributed by atoms with Crippen LogP contribution in [-0.4, -0.2) is 47.4 Å². The van der Waals surface area contributed by atoms with Crippen LogP contribution < -0.4 is 15.4 Å². The number of nitrogens with two attached hydrogens (primary N) is 1. The fraction of sp³-hybridized carbons (Fsp3) is 0.750. The standard InChI is InChI=1S/C12H21N5O2/c1-3-6-19-12-15-10(13)14-11(16-12)17-5-7-18-8-9(17)4-2/h9H,3-8H2,1-2H3,(H2,13,14,15,16). The van der Waals surface area contributed by atoms with Crippen molar-refractivity contribution in [2.24, 2.45) is 0 Å². The van der Waals surface area contributed by atoms with Crippen LogP contribution in [0.4, 0.5) is 11.9 Å². The van der Waals surface area contributed by atoms with Gasteiger partial charge in [0.05, 0.1) is 25.9 Å². The number of rotatable bonds is 5. The lowest BCUT2D eigenvalue weighted by Gasteiger charge is -2.34. The number of morpholine rings is 1. The maximum atomic E-state index is 5.72. The van der Waals surface area contributed by atoms with Gasteiger partial charge < -0.3 is 20.1 Å². The van der Waals surface area contributed by atoms with Crippen LogP contribution in [0.15, 0.2) is 0 Å². The summed E-state index contributed by atoms with van der Waals surface area (Å²) in [6.07, 6.45) is 1.87. The van der Waals surface area contributed by atoms with E-state index in [2.05, 4.69) is 26.8 Å². The third kappa shape index (κ3) is 3.44. The second-order valence-electron chi connectivity index (χ2n) is 4.46. The van der Waals surface area contributed by atoms with Crippen LogP contribution in [-0.2, 0) is 4.74 Å². The number of anilines is 2. The van der Waals surface area contributed by atoms with Crippen LogP contribution in [0.3, 0.4) is 0 Å². The van der Waals surface area contributed by atoms with Crippen LogP contribution >= 0.6 is 0 Å². The number of aromatic nitrogens is 3. The highest BCUT2D eigenvalue weighted by atomic mass is 16.5. The minimum absolute atomic E-state index is 0.192. The smallest absolute Gasteiger partial charge is 0.323 e. The highest BCUT2D eigenvalue weighted by Gasteiger charge is 2.24. The van der Waals surface area contributed by atoms with Gasteiger partial charge in [-0.3, -0.25) is 0 Å². The van der Waals surface area contributed by atoms with Crippen molar-refractivity contribution in [1.29, 1.82) is 0 Å². The van der Waals surface area contributed by atoms with Crippen molar-refractivity contribution in [2.75, 3.05) is 37.0 Å². The van der Waals surface area contributed by atoms with E-state index >= 15 is 0 Å². The Labute approximate surface area is 113 Å². The van der Waals surface area contributed by atoms with E-state index < -0.39 is 0 Å². The summed E-state index contributed by atoms with van der Waals surface area (Å²) in [5.41, 5.74) is 5.72. The van der Waals surface area contributed by atoms with Crippen molar-refractivity contribution in [2.45, 2.75) is 32.7 Å². The summed E-state index contributed by atoms with van der Waals surface area (Å²) in [6, 6.07) is 0.570. The van der Waals surface area contributed by atoms with E-state index in [1.54, 1.807) is 0 Å². The molecule has 0 aliphatic carbocycles. The summed E-state index contributed by atoms with van der Waals surface area (Å²) in [4.78, 5) is 14.7. The molecule has 1 aliphatic rings. The van der Waals surface area contributed by atoms with E-state index in [4.69, 9.17) is 15.2 Å². The maximum absolute atomic E-state index is 5.72. The Morgan fingerprint density at radius 1 is 1.37 bits per heavy atom. The molecule has 1 atom stereocenters. The van der Waals surface area contributed by atoms with Gasteiger partial charge in [0.15, 0.2) is 0 Å². The van der Waals surface area contributed by atoms with Gasteiger partial charge in [-0.05, 0) is 12.8 Å². The Morgan fingerprint density at radius 2 is 2.21 bits per heavy atom. The molecule has 1 unspecified atom stereocenters.